The molecule has 4 rings (SSSR count). The zero-order valence-corrected chi connectivity index (χ0v) is 11.5. The second-order valence-corrected chi connectivity index (χ2v) is 6.89. The van der Waals surface area contributed by atoms with Gasteiger partial charge in [-0.2, -0.15) is 5.10 Å². The molecule has 2 atom stereocenters. The molecule has 0 aliphatic carbocycles. The Morgan fingerprint density at radius 1 is 1.65 bits per heavy atom. The summed E-state index contributed by atoms with van der Waals surface area (Å²) in [6, 6.07) is 2.18. The number of hydrogen-bond acceptors (Lipinski definition) is 5. The molecule has 0 saturated carbocycles. The van der Waals surface area contributed by atoms with Gasteiger partial charge in [0.2, 0.25) is 0 Å². The molecular formula is C11H10BrN3OS. The van der Waals surface area contributed by atoms with Crippen LogP contribution in [0.4, 0.5) is 5.69 Å². The largest absolute Gasteiger partial charge is 0.344 e. The van der Waals surface area contributed by atoms with Gasteiger partial charge in [0.25, 0.3) is 0 Å². The maximum atomic E-state index is 5.59. The van der Waals surface area contributed by atoms with Gasteiger partial charge in [-0.15, -0.1) is 11.3 Å². The Hall–Kier alpha value is -0.850. The number of rotatable bonds is 0. The number of thiophene rings is 1. The molecule has 4 heterocycles. The van der Waals surface area contributed by atoms with Crippen LogP contribution >= 0.6 is 27.3 Å². The highest BCUT2D eigenvalue weighted by Crippen LogP contribution is 2.44. The second-order valence-electron chi connectivity index (χ2n) is 4.37. The number of hydrazone groups is 1. The van der Waals surface area contributed by atoms with E-state index in [0.717, 1.165) is 6.42 Å². The van der Waals surface area contributed by atoms with Crippen LogP contribution in [0.5, 0.6) is 0 Å². The maximum Gasteiger partial charge on any atom is 0.175 e. The van der Waals surface area contributed by atoms with E-state index in [4.69, 9.17) is 4.74 Å². The number of halogens is 1. The minimum absolute atomic E-state index is 0.0600. The highest BCUT2D eigenvalue weighted by atomic mass is 79.9. The van der Waals surface area contributed by atoms with Crippen molar-refractivity contribution in [2.45, 2.75) is 18.8 Å². The van der Waals surface area contributed by atoms with Gasteiger partial charge < -0.3 is 9.64 Å². The summed E-state index contributed by atoms with van der Waals surface area (Å²) in [5.74, 6) is 0. The third kappa shape index (κ3) is 1.41. The average molecular weight is 312 g/mol. The molecule has 4 nitrogen and oxygen atoms in total. The van der Waals surface area contributed by atoms with Crippen LogP contribution in [-0.4, -0.2) is 25.6 Å². The van der Waals surface area contributed by atoms with Crippen molar-refractivity contribution in [1.82, 2.24) is 5.43 Å². The lowest BCUT2D eigenvalue weighted by Crippen LogP contribution is -2.28. The summed E-state index contributed by atoms with van der Waals surface area (Å²) < 4.78 is 6.76. The van der Waals surface area contributed by atoms with Crippen LogP contribution in [0.15, 0.2) is 26.2 Å². The van der Waals surface area contributed by atoms with E-state index in [-0.39, 0.29) is 12.3 Å². The number of fused-ring (bicyclic) bond motifs is 3. The van der Waals surface area contributed by atoms with Gasteiger partial charge in [-0.25, -0.2) is 0 Å². The van der Waals surface area contributed by atoms with Crippen LogP contribution in [0.1, 0.15) is 4.88 Å². The van der Waals surface area contributed by atoms with Crippen LogP contribution in [0.2, 0.25) is 0 Å². The van der Waals surface area contributed by atoms with Crippen LogP contribution < -0.4 is 10.3 Å². The molecule has 3 aliphatic rings. The minimum atomic E-state index is 0.0600. The van der Waals surface area contributed by atoms with Crippen LogP contribution in [-0.2, 0) is 11.2 Å². The minimum Gasteiger partial charge on any atom is -0.344 e. The molecule has 0 amide bonds. The van der Waals surface area contributed by atoms with E-state index in [1.807, 2.05) is 6.21 Å². The molecule has 88 valence electrons. The fourth-order valence-corrected chi connectivity index (χ4v) is 4.24. The van der Waals surface area contributed by atoms with E-state index in [2.05, 4.69) is 44.5 Å². The normalized spacial score (nSPS) is 29.2. The molecule has 17 heavy (non-hydrogen) atoms. The molecule has 1 saturated heterocycles. The number of anilines is 1. The summed E-state index contributed by atoms with van der Waals surface area (Å²) in [5.41, 5.74) is 6.79. The molecule has 1 N–H and O–H groups in total. The van der Waals surface area contributed by atoms with E-state index in [0.29, 0.717) is 0 Å². The SMILES string of the molecule is CN1C2=C(C=NNC3OC23)Cc2sc(Br)cc21. The number of ether oxygens (including phenoxy) is 1. The Kier molecular flexibility index (Phi) is 1.98. The van der Waals surface area contributed by atoms with Crippen molar-refractivity contribution in [2.24, 2.45) is 5.10 Å². The first-order chi connectivity index (χ1) is 8.24. The summed E-state index contributed by atoms with van der Waals surface area (Å²) in [7, 11) is 2.10. The fourth-order valence-electron chi connectivity index (χ4n) is 2.50. The van der Waals surface area contributed by atoms with Gasteiger partial charge in [-0.3, -0.25) is 5.43 Å². The van der Waals surface area contributed by atoms with E-state index < -0.39 is 0 Å². The number of allylic oxidation sites excluding steroid dienone is 1. The number of nitrogens with one attached hydrogen (secondary N) is 1. The molecule has 0 spiro atoms. The van der Waals surface area contributed by atoms with Crippen molar-refractivity contribution < 1.29 is 4.74 Å². The van der Waals surface area contributed by atoms with Gasteiger partial charge in [0.05, 0.1) is 21.4 Å². The molecule has 0 aromatic carbocycles. The predicted molar refractivity (Wildman–Crippen MR) is 71.4 cm³/mol. The Bertz CT molecular complexity index is 565. The van der Waals surface area contributed by atoms with Crippen LogP contribution in [0.3, 0.4) is 0 Å². The molecule has 2 unspecified atom stereocenters. The lowest BCUT2D eigenvalue weighted by molar-refractivity contribution is 0.355. The van der Waals surface area contributed by atoms with Gasteiger partial charge in [0.15, 0.2) is 6.23 Å². The standard InChI is InChI=1S/C11H10BrN3OS/c1-15-6-3-8(12)17-7(6)2-5-4-13-14-11-10(16-11)9(5)15/h3-4,10-11,14H,2H2,1H3. The second kappa shape index (κ2) is 3.34. The van der Waals surface area contributed by atoms with Crippen molar-refractivity contribution in [3.63, 3.8) is 0 Å². The van der Waals surface area contributed by atoms with E-state index >= 15 is 0 Å². The van der Waals surface area contributed by atoms with Crippen molar-refractivity contribution >= 4 is 39.2 Å². The van der Waals surface area contributed by atoms with Gasteiger partial charge in [-0.1, -0.05) is 0 Å². The van der Waals surface area contributed by atoms with Crippen molar-refractivity contribution in [1.29, 1.82) is 0 Å². The van der Waals surface area contributed by atoms with Gasteiger partial charge in [0, 0.05) is 18.3 Å². The van der Waals surface area contributed by atoms with Crippen molar-refractivity contribution in [3.05, 3.63) is 26.0 Å². The summed E-state index contributed by atoms with van der Waals surface area (Å²) in [6.07, 6.45) is 3.09. The van der Waals surface area contributed by atoms with E-state index in [1.54, 1.807) is 11.3 Å². The Morgan fingerprint density at radius 2 is 2.53 bits per heavy atom. The monoisotopic (exact) mass is 311 g/mol. The number of nitrogens with zero attached hydrogens (tertiary/aromatic N) is 2. The number of likely N-dealkylation sites (N-methyl/N-ethyl adjacent to an activating group) is 1. The van der Waals surface area contributed by atoms with Gasteiger partial charge in [0.1, 0.15) is 6.10 Å². The summed E-state index contributed by atoms with van der Waals surface area (Å²) in [6.45, 7) is 0. The molecule has 1 fully saturated rings. The molecule has 3 aliphatic heterocycles. The molecule has 1 aromatic heterocycles. The Balaban J connectivity index is 1.84. The highest BCUT2D eigenvalue weighted by molar-refractivity contribution is 9.11. The highest BCUT2D eigenvalue weighted by Gasteiger charge is 2.47. The van der Waals surface area contributed by atoms with E-state index in [9.17, 15) is 0 Å². The molecule has 0 radical (unpaired) electrons. The van der Waals surface area contributed by atoms with Gasteiger partial charge >= 0.3 is 0 Å². The third-order valence-corrected chi connectivity index (χ3v) is 4.97. The first-order valence-electron chi connectivity index (χ1n) is 5.43. The lowest BCUT2D eigenvalue weighted by atomic mass is 10.0. The fraction of sp³-hybridized carbons (Fsp3) is 0.364. The molecule has 0 bridgehead atoms. The Labute approximate surface area is 111 Å². The smallest absolute Gasteiger partial charge is 0.175 e. The average Bonchev–Trinajstić information content (AvgIpc) is 2.94. The number of hydrogen-bond donors (Lipinski definition) is 1. The third-order valence-electron chi connectivity index (χ3n) is 3.34. The predicted octanol–water partition coefficient (Wildman–Crippen LogP) is 2.07. The maximum absolute atomic E-state index is 5.59. The van der Waals surface area contributed by atoms with Crippen LogP contribution in [0, 0.1) is 0 Å². The topological polar surface area (TPSA) is 40.2 Å². The lowest BCUT2D eigenvalue weighted by Gasteiger charge is -2.28. The van der Waals surface area contributed by atoms with Crippen LogP contribution in [0.25, 0.3) is 0 Å². The zero-order valence-electron chi connectivity index (χ0n) is 9.11. The van der Waals surface area contributed by atoms with E-state index in [1.165, 1.54) is 25.6 Å². The van der Waals surface area contributed by atoms with Crippen molar-refractivity contribution in [3.8, 4) is 0 Å². The summed E-state index contributed by atoms with van der Waals surface area (Å²) in [5, 5.41) is 4.20. The van der Waals surface area contributed by atoms with Crippen molar-refractivity contribution in [2.75, 3.05) is 11.9 Å². The zero-order chi connectivity index (χ0) is 11.6. The number of epoxide rings is 1. The quantitative estimate of drug-likeness (QED) is 0.746. The summed E-state index contributed by atoms with van der Waals surface area (Å²) >= 11 is 5.35. The van der Waals surface area contributed by atoms with Gasteiger partial charge in [-0.05, 0) is 27.6 Å². The summed E-state index contributed by atoms with van der Waals surface area (Å²) in [4.78, 5) is 3.61. The first kappa shape index (κ1) is 10.1. The first-order valence-corrected chi connectivity index (χ1v) is 7.04. The molecule has 1 aromatic rings. The molecule has 6 heteroatoms. The Morgan fingerprint density at radius 3 is 3.41 bits per heavy atom. The molecular weight excluding hydrogens is 302 g/mol.